The lowest BCUT2D eigenvalue weighted by molar-refractivity contribution is 0.0492. The van der Waals surface area contributed by atoms with Crippen LogP contribution in [0.2, 0.25) is 0 Å². The van der Waals surface area contributed by atoms with E-state index >= 15 is 0 Å². The molecule has 2 fully saturated rings. The molecule has 0 spiro atoms. The lowest BCUT2D eigenvalue weighted by Crippen LogP contribution is -2.42. The second kappa shape index (κ2) is 9.67. The molecule has 0 radical (unpaired) electrons. The molecule has 0 aliphatic heterocycles. The molecular formula is C25H34N8O2. The largest absolute Gasteiger partial charge is 0.444 e. The first-order valence-corrected chi connectivity index (χ1v) is 12.5. The summed E-state index contributed by atoms with van der Waals surface area (Å²) >= 11 is 0. The van der Waals surface area contributed by atoms with Gasteiger partial charge in [0.05, 0.1) is 11.9 Å². The second-order valence-electron chi connectivity index (χ2n) is 10.6. The first kappa shape index (κ1) is 23.3. The van der Waals surface area contributed by atoms with Crippen molar-refractivity contribution in [3.05, 3.63) is 30.7 Å². The number of amides is 1. The van der Waals surface area contributed by atoms with Gasteiger partial charge in [0.1, 0.15) is 11.4 Å². The van der Waals surface area contributed by atoms with Crippen molar-refractivity contribution in [1.82, 2.24) is 29.9 Å². The molecular weight excluding hydrogens is 444 g/mol. The molecule has 35 heavy (non-hydrogen) atoms. The van der Waals surface area contributed by atoms with Crippen molar-refractivity contribution < 1.29 is 9.53 Å². The number of aromatic nitrogens is 5. The summed E-state index contributed by atoms with van der Waals surface area (Å²) in [7, 11) is 0. The summed E-state index contributed by atoms with van der Waals surface area (Å²) in [4.78, 5) is 25.5. The highest BCUT2D eigenvalue weighted by atomic mass is 16.6. The van der Waals surface area contributed by atoms with E-state index in [2.05, 4.69) is 30.9 Å². The van der Waals surface area contributed by atoms with Crippen LogP contribution in [0.1, 0.15) is 59.3 Å². The van der Waals surface area contributed by atoms with Crippen molar-refractivity contribution in [2.24, 2.45) is 5.92 Å². The highest BCUT2D eigenvalue weighted by Crippen LogP contribution is 2.29. The number of carbonyl (C=O) groups is 1. The van der Waals surface area contributed by atoms with E-state index in [0.717, 1.165) is 60.9 Å². The fourth-order valence-electron chi connectivity index (χ4n) is 4.32. The third-order valence-electron chi connectivity index (χ3n) is 6.36. The number of imidazole rings is 1. The van der Waals surface area contributed by atoms with Gasteiger partial charge in [0, 0.05) is 36.6 Å². The van der Waals surface area contributed by atoms with Crippen LogP contribution in [0.3, 0.4) is 0 Å². The Balaban J connectivity index is 1.19. The minimum absolute atomic E-state index is 0.139. The summed E-state index contributed by atoms with van der Waals surface area (Å²) in [6.45, 7) is 6.55. The number of nitrogens with one attached hydrogen (secondary N) is 3. The number of ether oxygens (including phenoxy) is 1. The minimum Gasteiger partial charge on any atom is -0.444 e. The van der Waals surface area contributed by atoms with Crippen LogP contribution < -0.4 is 16.0 Å². The molecule has 2 aliphatic rings. The third-order valence-corrected chi connectivity index (χ3v) is 6.36. The Hall–Kier alpha value is -3.43. The summed E-state index contributed by atoms with van der Waals surface area (Å²) in [6, 6.07) is 4.35. The van der Waals surface area contributed by atoms with Gasteiger partial charge in [0.15, 0.2) is 5.65 Å². The predicted octanol–water partition coefficient (Wildman–Crippen LogP) is 4.26. The van der Waals surface area contributed by atoms with Crippen LogP contribution in [-0.2, 0) is 4.74 Å². The number of rotatable bonds is 7. The second-order valence-corrected chi connectivity index (χ2v) is 10.6. The van der Waals surface area contributed by atoms with E-state index < -0.39 is 5.60 Å². The topological polar surface area (TPSA) is 118 Å². The van der Waals surface area contributed by atoms with Crippen LogP contribution in [-0.4, -0.2) is 54.9 Å². The molecule has 0 aromatic carbocycles. The van der Waals surface area contributed by atoms with Gasteiger partial charge in [-0.1, -0.05) is 0 Å². The average molecular weight is 479 g/mol. The molecule has 0 unspecified atom stereocenters. The van der Waals surface area contributed by atoms with Crippen molar-refractivity contribution in [1.29, 1.82) is 0 Å². The van der Waals surface area contributed by atoms with E-state index in [0.29, 0.717) is 12.0 Å². The van der Waals surface area contributed by atoms with E-state index in [1.807, 2.05) is 49.8 Å². The molecule has 0 saturated heterocycles. The summed E-state index contributed by atoms with van der Waals surface area (Å²) in [5, 5.41) is 14.6. The molecule has 3 aromatic rings. The van der Waals surface area contributed by atoms with Crippen LogP contribution in [0.5, 0.6) is 0 Å². The summed E-state index contributed by atoms with van der Waals surface area (Å²) < 4.78 is 7.20. The van der Waals surface area contributed by atoms with Crippen molar-refractivity contribution in [2.75, 3.05) is 17.2 Å². The number of anilines is 2. The monoisotopic (exact) mass is 478 g/mol. The molecule has 10 nitrogen and oxygen atoms in total. The first-order valence-electron chi connectivity index (χ1n) is 12.5. The molecule has 2 aliphatic carbocycles. The van der Waals surface area contributed by atoms with E-state index in [4.69, 9.17) is 9.84 Å². The van der Waals surface area contributed by atoms with Crippen molar-refractivity contribution in [3.8, 4) is 11.3 Å². The maximum atomic E-state index is 12.0. The highest BCUT2D eigenvalue weighted by Gasteiger charge is 2.25. The van der Waals surface area contributed by atoms with Crippen LogP contribution in [0.15, 0.2) is 30.7 Å². The average Bonchev–Trinajstić information content (AvgIpc) is 3.56. The normalized spacial score (nSPS) is 20.4. The maximum absolute atomic E-state index is 12.0. The fourth-order valence-corrected chi connectivity index (χ4v) is 4.32. The smallest absolute Gasteiger partial charge is 0.407 e. The zero-order valence-corrected chi connectivity index (χ0v) is 20.6. The Morgan fingerprint density at radius 1 is 1.00 bits per heavy atom. The molecule has 2 saturated carbocycles. The van der Waals surface area contributed by atoms with Gasteiger partial charge in [-0.05, 0) is 77.3 Å². The van der Waals surface area contributed by atoms with E-state index in [9.17, 15) is 4.79 Å². The molecule has 10 heteroatoms. The zero-order valence-electron chi connectivity index (χ0n) is 20.6. The summed E-state index contributed by atoms with van der Waals surface area (Å²) in [6.07, 6.45) is 11.3. The van der Waals surface area contributed by atoms with Crippen molar-refractivity contribution >= 4 is 23.5 Å². The lowest BCUT2D eigenvalue weighted by atomic mass is 9.91. The van der Waals surface area contributed by atoms with Crippen LogP contribution in [0, 0.1) is 5.92 Å². The van der Waals surface area contributed by atoms with Crippen LogP contribution in [0.4, 0.5) is 16.6 Å². The Kier molecular flexibility index (Phi) is 6.44. The van der Waals surface area contributed by atoms with Gasteiger partial charge in [-0.25, -0.2) is 24.3 Å². The number of carbonyl (C=O) groups excluding carboxylic acids is 1. The third kappa shape index (κ3) is 6.17. The fraction of sp³-hybridized carbons (Fsp3) is 0.560. The SMILES string of the molecule is CC(C)(C)OC(=O)N[C@H]1CC[C@H](Nc2ccc3ncc(-c4cnc(NCC5CC5)nc4)n3n2)CC1. The summed E-state index contributed by atoms with van der Waals surface area (Å²) in [5.41, 5.74) is 2.00. The van der Waals surface area contributed by atoms with Crippen molar-refractivity contribution in [3.63, 3.8) is 0 Å². The number of alkyl carbamates (subject to hydrolysis) is 1. The molecule has 5 rings (SSSR count). The molecule has 3 aromatic heterocycles. The van der Waals surface area contributed by atoms with Gasteiger partial charge in [-0.3, -0.25) is 0 Å². The Bertz CT molecular complexity index is 1160. The highest BCUT2D eigenvalue weighted by molar-refractivity contribution is 5.68. The standard InChI is InChI=1S/C25H34N8O2/c1-25(2,3)35-24(34)31-19-8-6-18(7-9-19)30-21-10-11-22-26-15-20(33(22)32-21)17-13-28-23(29-14-17)27-12-16-4-5-16/h10-11,13-16,18-19H,4-9,12H2,1-3H3,(H,30,32)(H,31,34)(H,27,28,29)/t18-,19-. The van der Waals surface area contributed by atoms with Crippen LogP contribution >= 0.6 is 0 Å². The maximum Gasteiger partial charge on any atom is 0.407 e. The van der Waals surface area contributed by atoms with Crippen molar-refractivity contribution in [2.45, 2.75) is 77.0 Å². The van der Waals surface area contributed by atoms with Gasteiger partial charge < -0.3 is 20.7 Å². The first-order chi connectivity index (χ1) is 16.8. The van der Waals surface area contributed by atoms with E-state index in [1.165, 1.54) is 12.8 Å². The number of hydrogen-bond acceptors (Lipinski definition) is 8. The molecule has 3 N–H and O–H groups in total. The molecule has 186 valence electrons. The minimum atomic E-state index is -0.486. The van der Waals surface area contributed by atoms with Gasteiger partial charge >= 0.3 is 6.09 Å². The summed E-state index contributed by atoms with van der Waals surface area (Å²) in [5.74, 6) is 2.22. The Labute approximate surface area is 205 Å². The predicted molar refractivity (Wildman–Crippen MR) is 134 cm³/mol. The van der Waals surface area contributed by atoms with Gasteiger partial charge in [0.2, 0.25) is 5.95 Å². The molecule has 3 heterocycles. The number of hydrogen-bond donors (Lipinski definition) is 3. The lowest BCUT2D eigenvalue weighted by Gasteiger charge is -2.30. The van der Waals surface area contributed by atoms with Gasteiger partial charge in [-0.2, -0.15) is 0 Å². The number of nitrogens with zero attached hydrogens (tertiary/aromatic N) is 5. The molecule has 0 bridgehead atoms. The Morgan fingerprint density at radius 3 is 2.40 bits per heavy atom. The number of fused-ring (bicyclic) bond motifs is 1. The quantitative estimate of drug-likeness (QED) is 0.461. The Morgan fingerprint density at radius 2 is 1.71 bits per heavy atom. The van der Waals surface area contributed by atoms with Gasteiger partial charge in [-0.15, -0.1) is 5.10 Å². The zero-order chi connectivity index (χ0) is 24.4. The van der Waals surface area contributed by atoms with Gasteiger partial charge in [0.25, 0.3) is 0 Å². The van der Waals surface area contributed by atoms with E-state index in [1.54, 1.807) is 6.20 Å². The molecule has 1 amide bonds. The van der Waals surface area contributed by atoms with E-state index in [-0.39, 0.29) is 12.1 Å². The molecule has 0 atom stereocenters. The van der Waals surface area contributed by atoms with Crippen LogP contribution in [0.25, 0.3) is 16.9 Å².